The number of amides is 2. The molecule has 2 heterocycles. The minimum absolute atomic E-state index is 0.0848. The van der Waals surface area contributed by atoms with E-state index in [4.69, 9.17) is 0 Å². The van der Waals surface area contributed by atoms with E-state index in [2.05, 4.69) is 20.8 Å². The Bertz CT molecular complexity index is 836. The van der Waals surface area contributed by atoms with Crippen molar-refractivity contribution in [1.29, 1.82) is 0 Å². The van der Waals surface area contributed by atoms with E-state index in [0.29, 0.717) is 5.17 Å². The van der Waals surface area contributed by atoms with Crippen molar-refractivity contribution in [1.82, 2.24) is 5.32 Å². The molecule has 6 nitrogen and oxygen atoms in total. The fourth-order valence-electron chi connectivity index (χ4n) is 2.02. The first-order chi connectivity index (χ1) is 12.1. The normalized spacial score (nSPS) is 18.7. The molecule has 0 unspecified atom stereocenters. The molecule has 25 heavy (non-hydrogen) atoms. The third kappa shape index (κ3) is 4.74. The molecule has 0 radical (unpaired) electrons. The summed E-state index contributed by atoms with van der Waals surface area (Å²) >= 11 is 2.64. The van der Waals surface area contributed by atoms with Crippen LogP contribution in [0.25, 0.3) is 0 Å². The lowest BCUT2D eigenvalue weighted by Gasteiger charge is -2.07. The van der Waals surface area contributed by atoms with Crippen molar-refractivity contribution >= 4 is 52.0 Å². The molecule has 1 fully saturated rings. The van der Waals surface area contributed by atoms with Gasteiger partial charge in [-0.25, -0.2) is 4.39 Å². The Morgan fingerprint density at radius 1 is 1.32 bits per heavy atom. The van der Waals surface area contributed by atoms with Gasteiger partial charge in [0, 0.05) is 11.3 Å². The van der Waals surface area contributed by atoms with Gasteiger partial charge in [-0.1, -0.05) is 30.0 Å². The van der Waals surface area contributed by atoms with Gasteiger partial charge in [-0.3, -0.25) is 9.59 Å². The van der Waals surface area contributed by atoms with Crippen LogP contribution in [0.5, 0.6) is 0 Å². The van der Waals surface area contributed by atoms with Crippen molar-refractivity contribution in [3.05, 3.63) is 52.5 Å². The quantitative estimate of drug-likeness (QED) is 0.622. The highest BCUT2D eigenvalue weighted by atomic mass is 32.2. The Hall–Kier alpha value is -2.52. The first-order valence-corrected chi connectivity index (χ1v) is 9.04. The number of rotatable bonds is 5. The van der Waals surface area contributed by atoms with E-state index in [1.807, 2.05) is 17.5 Å². The highest BCUT2D eigenvalue weighted by Crippen LogP contribution is 2.23. The van der Waals surface area contributed by atoms with Crippen molar-refractivity contribution in [2.45, 2.75) is 11.7 Å². The van der Waals surface area contributed by atoms with Gasteiger partial charge >= 0.3 is 0 Å². The molecule has 0 spiro atoms. The zero-order valence-electron chi connectivity index (χ0n) is 12.8. The molecule has 1 aliphatic rings. The number of nitrogens with zero attached hydrogens (tertiary/aromatic N) is 2. The number of anilines is 1. The fraction of sp³-hybridized carbons (Fsp3) is 0.125. The summed E-state index contributed by atoms with van der Waals surface area (Å²) in [5.41, 5.74) is 0.0883. The van der Waals surface area contributed by atoms with Crippen molar-refractivity contribution in [2.24, 2.45) is 10.2 Å². The SMILES string of the molecule is O=C(C[C@H]1S/C(=N/N=C\c2cccs2)NC1=O)Nc1ccccc1F. The zero-order chi connectivity index (χ0) is 17.6. The number of hydrogen-bond donors (Lipinski definition) is 2. The van der Waals surface area contributed by atoms with Crippen LogP contribution < -0.4 is 10.6 Å². The Morgan fingerprint density at radius 2 is 2.16 bits per heavy atom. The van der Waals surface area contributed by atoms with Gasteiger partial charge in [0.05, 0.1) is 11.9 Å². The molecule has 1 aromatic carbocycles. The van der Waals surface area contributed by atoms with Crippen LogP contribution in [-0.2, 0) is 9.59 Å². The summed E-state index contributed by atoms with van der Waals surface area (Å²) < 4.78 is 13.5. The number of benzene rings is 1. The second-order valence-corrected chi connectivity index (χ2v) is 7.16. The average Bonchev–Trinajstić information content (AvgIpc) is 3.20. The van der Waals surface area contributed by atoms with Gasteiger partial charge in [0.15, 0.2) is 5.17 Å². The van der Waals surface area contributed by atoms with Gasteiger partial charge in [-0.2, -0.15) is 5.10 Å². The molecule has 9 heteroatoms. The van der Waals surface area contributed by atoms with Crippen LogP contribution in [0, 0.1) is 5.82 Å². The lowest BCUT2D eigenvalue weighted by molar-refractivity contribution is -0.122. The molecular formula is C16H13FN4O2S2. The van der Waals surface area contributed by atoms with Crippen LogP contribution in [0.15, 0.2) is 52.0 Å². The largest absolute Gasteiger partial charge is 0.324 e. The third-order valence-electron chi connectivity index (χ3n) is 3.17. The number of hydrogen-bond acceptors (Lipinski definition) is 6. The third-order valence-corrected chi connectivity index (χ3v) is 5.05. The summed E-state index contributed by atoms with van der Waals surface area (Å²) in [5, 5.41) is 14.5. The molecule has 2 amide bonds. The minimum Gasteiger partial charge on any atom is -0.324 e. The second-order valence-electron chi connectivity index (χ2n) is 4.99. The van der Waals surface area contributed by atoms with Crippen LogP contribution >= 0.6 is 23.1 Å². The Kier molecular flexibility index (Phi) is 5.56. The zero-order valence-corrected chi connectivity index (χ0v) is 14.4. The number of carbonyl (C=O) groups excluding carboxylic acids is 2. The molecule has 0 bridgehead atoms. The van der Waals surface area contributed by atoms with Crippen LogP contribution in [0.1, 0.15) is 11.3 Å². The van der Waals surface area contributed by atoms with Crippen molar-refractivity contribution in [3.63, 3.8) is 0 Å². The highest BCUT2D eigenvalue weighted by molar-refractivity contribution is 8.15. The summed E-state index contributed by atoms with van der Waals surface area (Å²) in [6, 6.07) is 9.65. The maximum Gasteiger partial charge on any atom is 0.240 e. The van der Waals surface area contributed by atoms with Crippen molar-refractivity contribution < 1.29 is 14.0 Å². The van der Waals surface area contributed by atoms with Gasteiger partial charge in [0.1, 0.15) is 11.1 Å². The Balaban J connectivity index is 1.55. The Morgan fingerprint density at radius 3 is 2.92 bits per heavy atom. The van der Waals surface area contributed by atoms with E-state index in [0.717, 1.165) is 16.6 Å². The first-order valence-electron chi connectivity index (χ1n) is 7.28. The molecule has 2 aromatic rings. The van der Waals surface area contributed by atoms with E-state index < -0.39 is 17.0 Å². The predicted octanol–water partition coefficient (Wildman–Crippen LogP) is 2.84. The molecular weight excluding hydrogens is 363 g/mol. The van der Waals surface area contributed by atoms with Gasteiger partial charge in [-0.15, -0.1) is 16.4 Å². The number of nitrogens with one attached hydrogen (secondary N) is 2. The summed E-state index contributed by atoms with van der Waals surface area (Å²) in [4.78, 5) is 24.9. The van der Waals surface area contributed by atoms with Crippen molar-refractivity contribution in [3.8, 4) is 0 Å². The molecule has 128 valence electrons. The van der Waals surface area contributed by atoms with E-state index in [-0.39, 0.29) is 18.0 Å². The molecule has 2 N–H and O–H groups in total. The minimum atomic E-state index is -0.623. The molecule has 0 saturated carbocycles. The number of thiophene rings is 1. The number of para-hydroxylation sites is 1. The average molecular weight is 376 g/mol. The summed E-state index contributed by atoms with van der Waals surface area (Å²) in [7, 11) is 0. The van der Waals surface area contributed by atoms with Gasteiger partial charge in [0.2, 0.25) is 11.8 Å². The van der Waals surface area contributed by atoms with E-state index >= 15 is 0 Å². The van der Waals surface area contributed by atoms with E-state index in [1.54, 1.807) is 12.3 Å². The molecule has 1 atom stereocenters. The molecule has 0 aliphatic carbocycles. The van der Waals surface area contributed by atoms with Crippen LogP contribution in [0.2, 0.25) is 0 Å². The highest BCUT2D eigenvalue weighted by Gasteiger charge is 2.32. The maximum atomic E-state index is 13.5. The lowest BCUT2D eigenvalue weighted by Crippen LogP contribution is -2.28. The number of thioether (sulfide) groups is 1. The number of amidine groups is 1. The molecule has 1 aliphatic heterocycles. The van der Waals surface area contributed by atoms with Crippen LogP contribution in [0.3, 0.4) is 0 Å². The lowest BCUT2D eigenvalue weighted by atomic mass is 10.2. The van der Waals surface area contributed by atoms with Gasteiger partial charge < -0.3 is 10.6 Å². The molecule has 1 aromatic heterocycles. The topological polar surface area (TPSA) is 82.9 Å². The standard InChI is InChI=1S/C16H13FN4O2S2/c17-11-5-1-2-6-12(11)19-14(22)8-13-15(23)20-16(25-13)21-18-9-10-4-3-7-24-10/h1-7,9,13H,8H2,(H,19,22)(H,20,21,23)/b18-9-/t13-/m1/s1. The van der Waals surface area contributed by atoms with Crippen LogP contribution in [0.4, 0.5) is 10.1 Å². The Labute approximate surface area is 151 Å². The van der Waals surface area contributed by atoms with Gasteiger partial charge in [-0.05, 0) is 23.6 Å². The smallest absolute Gasteiger partial charge is 0.240 e. The predicted molar refractivity (Wildman–Crippen MR) is 98.5 cm³/mol. The summed E-state index contributed by atoms with van der Waals surface area (Å²) in [6.07, 6.45) is 1.50. The fourth-order valence-corrected chi connectivity index (χ4v) is 3.53. The molecule has 3 rings (SSSR count). The summed E-state index contributed by atoms with van der Waals surface area (Å²) in [6.45, 7) is 0. The van der Waals surface area contributed by atoms with Crippen LogP contribution in [-0.4, -0.2) is 28.4 Å². The maximum absolute atomic E-state index is 13.5. The van der Waals surface area contributed by atoms with Gasteiger partial charge in [0.25, 0.3) is 0 Å². The summed E-state index contributed by atoms with van der Waals surface area (Å²) in [5.74, 6) is -1.29. The van der Waals surface area contributed by atoms with E-state index in [9.17, 15) is 14.0 Å². The first kappa shape index (κ1) is 17.3. The number of halogens is 1. The number of carbonyl (C=O) groups is 2. The van der Waals surface area contributed by atoms with E-state index in [1.165, 1.54) is 29.5 Å². The monoisotopic (exact) mass is 376 g/mol. The van der Waals surface area contributed by atoms with Crippen molar-refractivity contribution in [2.75, 3.05) is 5.32 Å². The molecule has 1 saturated heterocycles. The second kappa shape index (κ2) is 8.04.